The molecule has 17 heavy (non-hydrogen) atoms. The van der Waals surface area contributed by atoms with Crippen LogP contribution in [0.4, 0.5) is 5.82 Å². The average Bonchev–Trinajstić information content (AvgIpc) is 2.72. The molecule has 94 valence electrons. The minimum Gasteiger partial charge on any atom is -0.462 e. The number of nitrogens with zero attached hydrogens (tertiary/aromatic N) is 2. The molecule has 1 N–H and O–H groups in total. The predicted octanol–water partition coefficient (Wildman–Crippen LogP) is 2.07. The molecule has 0 spiro atoms. The van der Waals surface area contributed by atoms with E-state index in [-0.39, 0.29) is 5.97 Å². The molecular formula is C12H19N3O2. The Bertz CT molecular complexity index is 412. The van der Waals surface area contributed by atoms with Gasteiger partial charge in [-0.25, -0.2) is 9.48 Å². The van der Waals surface area contributed by atoms with Crippen molar-refractivity contribution in [1.29, 1.82) is 0 Å². The van der Waals surface area contributed by atoms with Crippen LogP contribution >= 0.6 is 0 Å². The topological polar surface area (TPSA) is 56.1 Å². The number of nitrogens with one attached hydrogen (secondary N) is 1. The Hall–Kier alpha value is -1.52. The highest BCUT2D eigenvalue weighted by atomic mass is 16.5. The molecular weight excluding hydrogens is 218 g/mol. The Labute approximate surface area is 101 Å². The summed E-state index contributed by atoms with van der Waals surface area (Å²) in [6.07, 6.45) is 2.63. The number of hydrogen-bond acceptors (Lipinski definition) is 4. The number of hydrogen-bond donors (Lipinski definition) is 1. The molecule has 0 bridgehead atoms. The number of carbonyl (C=O) groups is 1. The van der Waals surface area contributed by atoms with Gasteiger partial charge in [0.1, 0.15) is 11.4 Å². The molecule has 0 fully saturated rings. The maximum Gasteiger partial charge on any atom is 0.343 e. The van der Waals surface area contributed by atoms with Gasteiger partial charge in [0, 0.05) is 6.54 Å². The second-order valence-electron chi connectivity index (χ2n) is 4.60. The van der Waals surface area contributed by atoms with Crippen LogP contribution in [0.25, 0.3) is 0 Å². The maximum absolute atomic E-state index is 11.7. The molecule has 1 aromatic rings. The Morgan fingerprint density at radius 3 is 3.12 bits per heavy atom. The van der Waals surface area contributed by atoms with Crippen molar-refractivity contribution in [3.63, 3.8) is 0 Å². The van der Waals surface area contributed by atoms with E-state index in [2.05, 4.69) is 24.3 Å². The fourth-order valence-electron chi connectivity index (χ4n) is 2.22. The molecule has 5 nitrogen and oxygen atoms in total. The van der Waals surface area contributed by atoms with Gasteiger partial charge in [0.05, 0.1) is 18.8 Å². The van der Waals surface area contributed by atoms with Gasteiger partial charge in [0.25, 0.3) is 0 Å². The summed E-state index contributed by atoms with van der Waals surface area (Å²) in [5, 5.41) is 7.55. The summed E-state index contributed by atoms with van der Waals surface area (Å²) in [6.45, 7) is 7.41. The van der Waals surface area contributed by atoms with Crippen molar-refractivity contribution in [2.75, 3.05) is 18.5 Å². The van der Waals surface area contributed by atoms with E-state index >= 15 is 0 Å². The van der Waals surface area contributed by atoms with Gasteiger partial charge in [0.15, 0.2) is 0 Å². The molecule has 0 radical (unpaired) electrons. The Kier molecular flexibility index (Phi) is 3.36. The highest BCUT2D eigenvalue weighted by molar-refractivity contribution is 5.94. The first kappa shape index (κ1) is 12.0. The van der Waals surface area contributed by atoms with Crippen LogP contribution in [0.5, 0.6) is 0 Å². The zero-order valence-corrected chi connectivity index (χ0v) is 10.6. The van der Waals surface area contributed by atoms with E-state index in [4.69, 9.17) is 4.74 Å². The van der Waals surface area contributed by atoms with Crippen molar-refractivity contribution in [3.8, 4) is 0 Å². The van der Waals surface area contributed by atoms with Crippen LogP contribution in [0.15, 0.2) is 6.20 Å². The lowest BCUT2D eigenvalue weighted by Crippen LogP contribution is -2.27. The molecule has 1 aliphatic rings. The minimum absolute atomic E-state index is 0.300. The molecule has 1 aliphatic heterocycles. The summed E-state index contributed by atoms with van der Waals surface area (Å²) >= 11 is 0. The van der Waals surface area contributed by atoms with Crippen molar-refractivity contribution in [2.45, 2.75) is 33.2 Å². The fraction of sp³-hybridized carbons (Fsp3) is 0.667. The largest absolute Gasteiger partial charge is 0.462 e. The number of fused-ring (bicyclic) bond motifs is 1. The lowest BCUT2D eigenvalue weighted by molar-refractivity contribution is 0.0527. The first-order chi connectivity index (χ1) is 8.15. The van der Waals surface area contributed by atoms with Crippen LogP contribution in [0.2, 0.25) is 0 Å². The Balaban J connectivity index is 2.31. The molecule has 0 aromatic carbocycles. The van der Waals surface area contributed by atoms with Gasteiger partial charge in [-0.3, -0.25) is 0 Å². The van der Waals surface area contributed by atoms with Crippen molar-refractivity contribution in [2.24, 2.45) is 5.92 Å². The van der Waals surface area contributed by atoms with Gasteiger partial charge in [-0.1, -0.05) is 13.8 Å². The molecule has 0 saturated carbocycles. The first-order valence-electron chi connectivity index (χ1n) is 6.13. The second kappa shape index (κ2) is 4.77. The van der Waals surface area contributed by atoms with Crippen molar-refractivity contribution >= 4 is 11.8 Å². The van der Waals surface area contributed by atoms with E-state index in [1.165, 1.54) is 0 Å². The Morgan fingerprint density at radius 1 is 1.71 bits per heavy atom. The SMILES string of the molecule is CCOC(=O)c1cnn2c1NCCC2C(C)C. The van der Waals surface area contributed by atoms with Crippen LogP contribution in [0, 0.1) is 5.92 Å². The monoisotopic (exact) mass is 237 g/mol. The normalized spacial score (nSPS) is 18.7. The average molecular weight is 237 g/mol. The number of ether oxygens (including phenoxy) is 1. The smallest absolute Gasteiger partial charge is 0.343 e. The quantitative estimate of drug-likeness (QED) is 0.818. The summed E-state index contributed by atoms with van der Waals surface area (Å²) in [4.78, 5) is 11.7. The van der Waals surface area contributed by atoms with E-state index in [9.17, 15) is 4.79 Å². The number of esters is 1. The summed E-state index contributed by atoms with van der Waals surface area (Å²) < 4.78 is 6.93. The van der Waals surface area contributed by atoms with Gasteiger partial charge in [-0.15, -0.1) is 0 Å². The number of anilines is 1. The van der Waals surface area contributed by atoms with Gasteiger partial charge in [0.2, 0.25) is 0 Å². The molecule has 0 saturated heterocycles. The van der Waals surface area contributed by atoms with E-state index in [1.54, 1.807) is 13.1 Å². The molecule has 0 amide bonds. The van der Waals surface area contributed by atoms with Crippen molar-refractivity contribution in [1.82, 2.24) is 9.78 Å². The highest BCUT2D eigenvalue weighted by Crippen LogP contribution is 2.31. The number of rotatable bonds is 3. The minimum atomic E-state index is -0.300. The molecule has 2 rings (SSSR count). The molecule has 1 unspecified atom stereocenters. The maximum atomic E-state index is 11.7. The van der Waals surface area contributed by atoms with Crippen LogP contribution in [-0.4, -0.2) is 28.9 Å². The lowest BCUT2D eigenvalue weighted by atomic mass is 10.00. The molecule has 0 aliphatic carbocycles. The van der Waals surface area contributed by atoms with E-state index in [1.807, 2.05) is 4.68 Å². The zero-order chi connectivity index (χ0) is 12.4. The summed E-state index contributed by atoms with van der Waals surface area (Å²) in [7, 11) is 0. The molecule has 2 heterocycles. The second-order valence-corrected chi connectivity index (χ2v) is 4.60. The van der Waals surface area contributed by atoms with Crippen LogP contribution < -0.4 is 5.32 Å². The lowest BCUT2D eigenvalue weighted by Gasteiger charge is -2.28. The fourth-order valence-corrected chi connectivity index (χ4v) is 2.22. The molecule has 1 aromatic heterocycles. The first-order valence-corrected chi connectivity index (χ1v) is 6.13. The van der Waals surface area contributed by atoms with Crippen molar-refractivity contribution in [3.05, 3.63) is 11.8 Å². The molecule has 5 heteroatoms. The van der Waals surface area contributed by atoms with Gasteiger partial charge >= 0.3 is 5.97 Å². The van der Waals surface area contributed by atoms with Gasteiger partial charge in [-0.05, 0) is 19.3 Å². The summed E-state index contributed by atoms with van der Waals surface area (Å²) in [5.41, 5.74) is 0.539. The predicted molar refractivity (Wildman–Crippen MR) is 65.2 cm³/mol. The van der Waals surface area contributed by atoms with Crippen LogP contribution in [-0.2, 0) is 4.74 Å². The summed E-state index contributed by atoms with van der Waals surface area (Å²) in [6, 6.07) is 0.356. The highest BCUT2D eigenvalue weighted by Gasteiger charge is 2.27. The van der Waals surface area contributed by atoms with E-state index < -0.39 is 0 Å². The van der Waals surface area contributed by atoms with Crippen LogP contribution in [0.1, 0.15) is 43.6 Å². The van der Waals surface area contributed by atoms with Gasteiger partial charge in [-0.2, -0.15) is 5.10 Å². The third-order valence-corrected chi connectivity index (χ3v) is 3.11. The van der Waals surface area contributed by atoms with Gasteiger partial charge < -0.3 is 10.1 Å². The molecule has 1 atom stereocenters. The zero-order valence-electron chi connectivity index (χ0n) is 10.6. The number of carbonyl (C=O) groups excluding carboxylic acids is 1. The Morgan fingerprint density at radius 2 is 2.47 bits per heavy atom. The van der Waals surface area contributed by atoms with E-state index in [0.29, 0.717) is 24.1 Å². The summed E-state index contributed by atoms with van der Waals surface area (Å²) in [5.74, 6) is 1.00. The third-order valence-electron chi connectivity index (χ3n) is 3.11. The number of aromatic nitrogens is 2. The standard InChI is InChI=1S/C12H19N3O2/c1-4-17-12(16)9-7-14-15-10(8(2)3)5-6-13-11(9)15/h7-8,10,13H,4-6H2,1-3H3. The van der Waals surface area contributed by atoms with E-state index in [0.717, 1.165) is 18.8 Å². The van der Waals surface area contributed by atoms with Crippen LogP contribution in [0.3, 0.4) is 0 Å². The van der Waals surface area contributed by atoms with Crippen molar-refractivity contribution < 1.29 is 9.53 Å². The third kappa shape index (κ3) is 2.14.